The molecular weight excluding hydrogens is 306 g/mol. The molecule has 2 aromatic rings. The van der Waals surface area contributed by atoms with Crippen molar-refractivity contribution in [1.82, 2.24) is 5.32 Å². The molecule has 0 aliphatic carbocycles. The lowest BCUT2D eigenvalue weighted by Gasteiger charge is -2.24. The van der Waals surface area contributed by atoms with Crippen LogP contribution in [0.1, 0.15) is 18.5 Å². The maximum Gasteiger partial charge on any atom is 0.182 e. The molecule has 2 rings (SSSR count). The lowest BCUT2D eigenvalue weighted by atomic mass is 10.0. The minimum absolute atomic E-state index is 0.271. The average Bonchev–Trinajstić information content (AvgIpc) is 2.49. The van der Waals surface area contributed by atoms with Crippen LogP contribution in [0.15, 0.2) is 59.5 Å². The van der Waals surface area contributed by atoms with Gasteiger partial charge >= 0.3 is 0 Å². The SMILES string of the molecule is CNC(c1ccccc1)C(C)S(=O)(=O)c1ccc(Cl)cc1. The molecule has 0 aromatic heterocycles. The highest BCUT2D eigenvalue weighted by atomic mass is 35.5. The second-order valence-electron chi connectivity index (χ2n) is 4.88. The Morgan fingerprint density at radius 2 is 1.57 bits per heavy atom. The first kappa shape index (κ1) is 16.0. The van der Waals surface area contributed by atoms with Gasteiger partial charge in [-0.2, -0.15) is 0 Å². The summed E-state index contributed by atoms with van der Waals surface area (Å²) in [5.41, 5.74) is 0.949. The maximum atomic E-state index is 12.7. The maximum absolute atomic E-state index is 12.7. The Kier molecular flexibility index (Phi) is 5.04. The first-order valence-electron chi connectivity index (χ1n) is 6.68. The van der Waals surface area contributed by atoms with Gasteiger partial charge in [-0.05, 0) is 43.8 Å². The van der Waals surface area contributed by atoms with E-state index in [2.05, 4.69) is 5.32 Å². The van der Waals surface area contributed by atoms with Crippen molar-refractivity contribution in [3.63, 3.8) is 0 Å². The lowest BCUT2D eigenvalue weighted by molar-refractivity contribution is 0.530. The molecule has 2 unspecified atom stereocenters. The van der Waals surface area contributed by atoms with Gasteiger partial charge in [0.1, 0.15) is 0 Å². The third kappa shape index (κ3) is 3.46. The molecule has 2 aromatic carbocycles. The van der Waals surface area contributed by atoms with Gasteiger partial charge in [-0.3, -0.25) is 0 Å². The third-order valence-electron chi connectivity index (χ3n) is 3.57. The summed E-state index contributed by atoms with van der Waals surface area (Å²) in [7, 11) is -1.67. The highest BCUT2D eigenvalue weighted by Crippen LogP contribution is 2.27. The number of benzene rings is 2. The minimum atomic E-state index is -3.44. The van der Waals surface area contributed by atoms with E-state index in [0.29, 0.717) is 5.02 Å². The molecule has 0 fully saturated rings. The normalized spacial score (nSPS) is 14.6. The third-order valence-corrected chi connectivity index (χ3v) is 6.00. The summed E-state index contributed by atoms with van der Waals surface area (Å²) < 4.78 is 25.5. The fourth-order valence-corrected chi connectivity index (χ4v) is 4.07. The van der Waals surface area contributed by atoms with Crippen molar-refractivity contribution in [2.45, 2.75) is 23.1 Å². The largest absolute Gasteiger partial charge is 0.312 e. The Morgan fingerprint density at radius 3 is 2.10 bits per heavy atom. The lowest BCUT2D eigenvalue weighted by Crippen LogP contribution is -2.33. The van der Waals surface area contributed by atoms with Crippen LogP contribution in [0, 0.1) is 0 Å². The van der Waals surface area contributed by atoms with Gasteiger partial charge in [0.25, 0.3) is 0 Å². The molecule has 0 bridgehead atoms. The molecule has 3 nitrogen and oxygen atoms in total. The van der Waals surface area contributed by atoms with E-state index in [1.807, 2.05) is 30.3 Å². The summed E-state index contributed by atoms with van der Waals surface area (Å²) in [6.45, 7) is 1.72. The number of hydrogen-bond donors (Lipinski definition) is 1. The molecule has 112 valence electrons. The van der Waals surface area contributed by atoms with Crippen molar-refractivity contribution in [2.75, 3.05) is 7.05 Å². The zero-order valence-electron chi connectivity index (χ0n) is 12.0. The monoisotopic (exact) mass is 323 g/mol. The predicted molar refractivity (Wildman–Crippen MR) is 86.3 cm³/mol. The van der Waals surface area contributed by atoms with Crippen LogP contribution in [0.25, 0.3) is 0 Å². The molecule has 0 radical (unpaired) electrons. The number of halogens is 1. The molecule has 0 saturated carbocycles. The van der Waals surface area contributed by atoms with E-state index in [1.165, 1.54) is 0 Å². The minimum Gasteiger partial charge on any atom is -0.312 e. The van der Waals surface area contributed by atoms with Crippen LogP contribution >= 0.6 is 11.6 Å². The summed E-state index contributed by atoms with van der Waals surface area (Å²) in [6.07, 6.45) is 0. The van der Waals surface area contributed by atoms with Crippen LogP contribution in [0.5, 0.6) is 0 Å². The van der Waals surface area contributed by atoms with E-state index in [4.69, 9.17) is 11.6 Å². The van der Waals surface area contributed by atoms with Gasteiger partial charge < -0.3 is 5.32 Å². The van der Waals surface area contributed by atoms with Gasteiger partial charge in [-0.1, -0.05) is 41.9 Å². The van der Waals surface area contributed by atoms with Crippen LogP contribution in [-0.2, 0) is 9.84 Å². The van der Waals surface area contributed by atoms with E-state index < -0.39 is 15.1 Å². The predicted octanol–water partition coefficient (Wildman–Crippen LogP) is 3.46. The van der Waals surface area contributed by atoms with Gasteiger partial charge in [-0.15, -0.1) is 0 Å². The van der Waals surface area contributed by atoms with Crippen LogP contribution in [0.2, 0.25) is 5.02 Å². The first-order valence-corrected chi connectivity index (χ1v) is 8.61. The highest BCUT2D eigenvalue weighted by Gasteiger charge is 2.30. The second kappa shape index (κ2) is 6.60. The van der Waals surface area contributed by atoms with Crippen molar-refractivity contribution in [1.29, 1.82) is 0 Å². The van der Waals surface area contributed by atoms with Crippen molar-refractivity contribution < 1.29 is 8.42 Å². The summed E-state index contributed by atoms with van der Waals surface area (Å²) in [6, 6.07) is 15.6. The number of nitrogens with one attached hydrogen (secondary N) is 1. The number of rotatable bonds is 5. The highest BCUT2D eigenvalue weighted by molar-refractivity contribution is 7.92. The van der Waals surface area contributed by atoms with Gasteiger partial charge in [0, 0.05) is 11.1 Å². The molecule has 0 amide bonds. The second-order valence-corrected chi connectivity index (χ2v) is 7.62. The van der Waals surface area contributed by atoms with E-state index in [9.17, 15) is 8.42 Å². The van der Waals surface area contributed by atoms with Crippen LogP contribution in [0.4, 0.5) is 0 Å². The fourth-order valence-electron chi connectivity index (χ4n) is 2.35. The van der Waals surface area contributed by atoms with Gasteiger partial charge in [-0.25, -0.2) is 8.42 Å². The molecule has 1 N–H and O–H groups in total. The molecule has 21 heavy (non-hydrogen) atoms. The van der Waals surface area contributed by atoms with Crippen LogP contribution in [0.3, 0.4) is 0 Å². The van der Waals surface area contributed by atoms with Crippen LogP contribution in [-0.4, -0.2) is 20.7 Å². The summed E-state index contributed by atoms with van der Waals surface area (Å²) in [5.74, 6) is 0. The molecule has 0 aliphatic rings. The zero-order valence-corrected chi connectivity index (χ0v) is 13.5. The first-order chi connectivity index (χ1) is 9.96. The van der Waals surface area contributed by atoms with Crippen molar-refractivity contribution >= 4 is 21.4 Å². The zero-order chi connectivity index (χ0) is 15.5. The fraction of sp³-hybridized carbons (Fsp3) is 0.250. The van der Waals surface area contributed by atoms with E-state index in [1.54, 1.807) is 38.2 Å². The Hall–Kier alpha value is -1.36. The Labute approximate surface area is 130 Å². The van der Waals surface area contributed by atoms with Crippen molar-refractivity contribution in [3.8, 4) is 0 Å². The molecular formula is C16H18ClNO2S. The smallest absolute Gasteiger partial charge is 0.182 e. The average molecular weight is 324 g/mol. The molecule has 5 heteroatoms. The summed E-state index contributed by atoms with van der Waals surface area (Å²) in [4.78, 5) is 0.288. The summed E-state index contributed by atoms with van der Waals surface area (Å²) >= 11 is 5.82. The molecule has 0 aliphatic heterocycles. The van der Waals surface area contributed by atoms with E-state index in [-0.39, 0.29) is 10.9 Å². The quantitative estimate of drug-likeness (QED) is 0.916. The topological polar surface area (TPSA) is 46.2 Å². The van der Waals surface area contributed by atoms with Gasteiger partial charge in [0.05, 0.1) is 10.1 Å². The van der Waals surface area contributed by atoms with Crippen molar-refractivity contribution in [3.05, 3.63) is 65.2 Å². The van der Waals surface area contributed by atoms with Crippen molar-refractivity contribution in [2.24, 2.45) is 0 Å². The molecule has 0 saturated heterocycles. The Balaban J connectivity index is 2.36. The summed E-state index contributed by atoms with van der Waals surface area (Å²) in [5, 5.41) is 3.03. The Morgan fingerprint density at radius 1 is 1.00 bits per heavy atom. The number of hydrogen-bond acceptors (Lipinski definition) is 3. The standard InChI is InChI=1S/C16H18ClNO2S/c1-12(16(18-2)13-6-4-3-5-7-13)21(19,20)15-10-8-14(17)9-11-15/h3-12,16,18H,1-2H3. The molecule has 2 atom stereocenters. The van der Waals surface area contributed by atoms with E-state index in [0.717, 1.165) is 5.56 Å². The number of sulfone groups is 1. The van der Waals surface area contributed by atoms with Gasteiger partial charge in [0.15, 0.2) is 9.84 Å². The molecule has 0 heterocycles. The van der Waals surface area contributed by atoms with Crippen LogP contribution < -0.4 is 5.32 Å². The Bertz CT molecular complexity index is 684. The van der Waals surface area contributed by atoms with E-state index >= 15 is 0 Å². The van der Waals surface area contributed by atoms with Gasteiger partial charge in [0.2, 0.25) is 0 Å². The molecule has 0 spiro atoms.